The van der Waals surface area contributed by atoms with Crippen LogP contribution in [0.1, 0.15) is 196 Å². The minimum Gasteiger partial charge on any atom is -0.480 e. The number of benzene rings is 1. The number of nitrogens with zero attached hydrogens (tertiary/aromatic N) is 4. The van der Waals surface area contributed by atoms with Gasteiger partial charge >= 0.3 is 5.97 Å². The van der Waals surface area contributed by atoms with E-state index in [-0.39, 0.29) is 84.3 Å². The highest BCUT2D eigenvalue weighted by Gasteiger charge is 2.47. The summed E-state index contributed by atoms with van der Waals surface area (Å²) in [6, 6.07) is 3.84. The molecule has 3 rings (SSSR count). The zero-order valence-corrected chi connectivity index (χ0v) is 51.4. The van der Waals surface area contributed by atoms with Crippen LogP contribution in [-0.4, -0.2) is 156 Å². The summed E-state index contributed by atoms with van der Waals surface area (Å²) in [6.45, 7) is 24.4. The van der Waals surface area contributed by atoms with Crippen LogP contribution >= 0.6 is 0 Å². The van der Waals surface area contributed by atoms with E-state index in [9.17, 15) is 43.5 Å². The first kappa shape index (κ1) is 68.4. The molecular weight excluding hydrogens is 1000 g/mol. The van der Waals surface area contributed by atoms with Crippen LogP contribution in [0.25, 0.3) is 0 Å². The van der Waals surface area contributed by atoms with Crippen LogP contribution in [0.5, 0.6) is 0 Å². The Bertz CT molecular complexity index is 2170. The summed E-state index contributed by atoms with van der Waals surface area (Å²) in [7, 11) is 6.29. The zero-order valence-electron chi connectivity index (χ0n) is 51.4. The molecule has 2 heterocycles. The summed E-state index contributed by atoms with van der Waals surface area (Å²) >= 11 is 0. The van der Waals surface area contributed by atoms with Gasteiger partial charge in [-0.05, 0) is 85.2 Å². The van der Waals surface area contributed by atoms with Gasteiger partial charge in [-0.15, -0.1) is 0 Å². The molecule has 0 radical (unpaired) electrons. The van der Waals surface area contributed by atoms with Crippen LogP contribution in [-0.2, 0) is 54.3 Å². The monoisotopic (exact) mass is 1110 g/mol. The topological polar surface area (TPSA) is 212 Å². The van der Waals surface area contributed by atoms with Gasteiger partial charge in [-0.1, -0.05) is 139 Å². The molecule has 79 heavy (non-hydrogen) atoms. The lowest BCUT2D eigenvalue weighted by atomic mass is 9.74. The maximum atomic E-state index is 14.7. The molecule has 1 aromatic rings. The maximum absolute atomic E-state index is 14.7. The number of aliphatic carboxylic acids is 1. The fourth-order valence-corrected chi connectivity index (χ4v) is 12.3. The summed E-state index contributed by atoms with van der Waals surface area (Å²) in [6.07, 6.45) is 8.48. The van der Waals surface area contributed by atoms with Crippen molar-refractivity contribution in [1.82, 2.24) is 30.2 Å². The first-order valence-electron chi connectivity index (χ1n) is 29.9. The van der Waals surface area contributed by atoms with Gasteiger partial charge < -0.3 is 39.9 Å². The number of unbranched alkanes of at least 4 members (excludes halogenated alkanes) is 3. The van der Waals surface area contributed by atoms with E-state index >= 15 is 0 Å². The molecule has 0 aliphatic carbocycles. The van der Waals surface area contributed by atoms with E-state index in [4.69, 9.17) is 9.47 Å². The van der Waals surface area contributed by atoms with Crippen molar-refractivity contribution in [3.8, 4) is 0 Å². The molecule has 2 saturated heterocycles. The normalized spacial score (nSPS) is 19.4. The molecule has 2 aliphatic heterocycles. The fourth-order valence-electron chi connectivity index (χ4n) is 12.3. The Labute approximate surface area is 474 Å². The Balaban J connectivity index is 1.70. The molecule has 17 heteroatoms. The number of methoxy groups -OCH3 is 2. The van der Waals surface area contributed by atoms with Gasteiger partial charge in [-0.25, -0.2) is 4.79 Å². The number of nitrogens with one attached hydrogen (secondary N) is 2. The fraction of sp³-hybridized carbons (Fsp3) is 0.774. The number of hydrogen-bond donors (Lipinski definition) is 3. The summed E-state index contributed by atoms with van der Waals surface area (Å²) in [5, 5.41) is 16.1. The van der Waals surface area contributed by atoms with Crippen molar-refractivity contribution in [1.29, 1.82) is 0 Å². The van der Waals surface area contributed by atoms with Gasteiger partial charge in [0.25, 0.3) is 0 Å². The lowest BCUT2D eigenvalue weighted by Gasteiger charge is -2.41. The standard InChI is InChI=1S/C62H104N6O11/c1-17-21-32-62(11,12)46-37-51(70)68(59(46)74)33-24-22-23-31-50(69)65(13)54(40(7)8)58(73)64-53(39(5)6)60(75)66(14)55(41(9)19-3)49(78-15)38-52(71)67-34-26-30-48(67)56(79-16)42(10)57(72)63-47(61(76)77)36-43-28-25-29-45(35-43)44(20-4)27-18-2/h25,28-29,35,39-42,44,46-49,53-56H,17-24,26-27,30-34,36-38H2,1-16H3,(H,63,72)(H,64,73)(H,76,77)/t41-,42+,44?,46?,47-,48-,49+,53-,54-,55-,56+/m0/s1. The predicted molar refractivity (Wildman–Crippen MR) is 309 cm³/mol. The smallest absolute Gasteiger partial charge is 0.326 e. The second-order valence-corrected chi connectivity index (χ2v) is 24.3. The molecule has 1 aromatic carbocycles. The van der Waals surface area contributed by atoms with E-state index < -0.39 is 66.1 Å². The molecule has 2 fully saturated rings. The lowest BCUT2D eigenvalue weighted by Crippen LogP contribution is -2.60. The third-order valence-electron chi connectivity index (χ3n) is 17.4. The molecule has 2 aliphatic rings. The van der Waals surface area contributed by atoms with E-state index in [0.29, 0.717) is 57.5 Å². The first-order valence-corrected chi connectivity index (χ1v) is 29.9. The molecule has 7 amide bonds. The van der Waals surface area contributed by atoms with Crippen molar-refractivity contribution >= 4 is 47.3 Å². The largest absolute Gasteiger partial charge is 0.480 e. The average molecular weight is 1110 g/mol. The second kappa shape index (κ2) is 32.5. The van der Waals surface area contributed by atoms with E-state index in [1.165, 1.54) is 24.0 Å². The number of likely N-dealkylation sites (tertiary alicyclic amines) is 2. The van der Waals surface area contributed by atoms with Crippen molar-refractivity contribution in [2.24, 2.45) is 35.0 Å². The molecule has 0 bridgehead atoms. The summed E-state index contributed by atoms with van der Waals surface area (Å²) in [5.74, 6) is -4.69. The molecule has 0 aromatic heterocycles. The van der Waals surface area contributed by atoms with Crippen LogP contribution in [0, 0.1) is 35.0 Å². The van der Waals surface area contributed by atoms with Gasteiger partial charge in [0, 0.05) is 60.7 Å². The number of carbonyl (C=O) groups excluding carboxylic acids is 7. The van der Waals surface area contributed by atoms with Crippen molar-refractivity contribution in [2.75, 3.05) is 41.4 Å². The van der Waals surface area contributed by atoms with E-state index in [2.05, 4.69) is 51.3 Å². The molecular formula is C62H104N6O11. The number of imide groups is 1. The Morgan fingerprint density at radius 1 is 0.835 bits per heavy atom. The summed E-state index contributed by atoms with van der Waals surface area (Å²) < 4.78 is 12.1. The number of carboxylic acid groups (broad SMARTS) is 1. The number of carbonyl (C=O) groups is 8. The minimum absolute atomic E-state index is 0.0819. The molecule has 448 valence electrons. The third-order valence-corrected chi connectivity index (χ3v) is 17.4. The minimum atomic E-state index is -1.18. The highest BCUT2D eigenvalue weighted by Crippen LogP contribution is 2.40. The Morgan fingerprint density at radius 2 is 1.52 bits per heavy atom. The molecule has 2 unspecified atom stereocenters. The number of carboxylic acids is 1. The number of hydrogen-bond acceptors (Lipinski definition) is 10. The van der Waals surface area contributed by atoms with Gasteiger partial charge in [0.05, 0.1) is 42.5 Å². The molecule has 17 nitrogen and oxygen atoms in total. The highest BCUT2D eigenvalue weighted by atomic mass is 16.5. The van der Waals surface area contributed by atoms with Crippen LogP contribution < -0.4 is 10.6 Å². The SMILES string of the molecule is CCCCC(C)(C)C1CC(=O)N(CCCCCC(=O)N(C)[C@H](C(=O)N[C@H](C(=O)N(C)[C@@H]([C@@H](C)CC)[C@@H](CC(=O)N2CCC[C@H]2[C@H](OC)[C@@H](C)C(=O)N[C@@H](Cc2cccc(C(CC)CCC)c2)C(=O)O)OC)C(C)C)C(C)C)C1=O. The molecule has 0 saturated carbocycles. The van der Waals surface area contributed by atoms with E-state index in [0.717, 1.165) is 49.7 Å². The van der Waals surface area contributed by atoms with Crippen LogP contribution in [0.3, 0.4) is 0 Å². The third kappa shape index (κ3) is 18.6. The zero-order chi connectivity index (χ0) is 59.5. The number of amides is 7. The van der Waals surface area contributed by atoms with Crippen molar-refractivity contribution in [3.05, 3.63) is 35.4 Å². The molecule has 11 atom stereocenters. The van der Waals surface area contributed by atoms with Crippen molar-refractivity contribution < 1.29 is 52.9 Å². The number of likely N-dealkylation sites (N-methyl/N-ethyl adjacent to an activating group) is 2. The van der Waals surface area contributed by atoms with Gasteiger partial charge in [0.1, 0.15) is 18.1 Å². The Morgan fingerprint density at radius 3 is 2.09 bits per heavy atom. The van der Waals surface area contributed by atoms with Crippen molar-refractivity contribution in [2.45, 2.75) is 234 Å². The quantitative estimate of drug-likeness (QED) is 0.0432. The number of ether oxygens (including phenoxy) is 2. The van der Waals surface area contributed by atoms with Gasteiger partial charge in [0.15, 0.2) is 0 Å². The summed E-state index contributed by atoms with van der Waals surface area (Å²) in [5.41, 5.74) is 1.73. The number of rotatable bonds is 35. The lowest BCUT2D eigenvalue weighted by molar-refractivity contribution is -0.149. The second-order valence-electron chi connectivity index (χ2n) is 24.3. The van der Waals surface area contributed by atoms with Gasteiger partial charge in [-0.2, -0.15) is 0 Å². The van der Waals surface area contributed by atoms with Crippen LogP contribution in [0.2, 0.25) is 0 Å². The predicted octanol–water partition coefficient (Wildman–Crippen LogP) is 8.79. The van der Waals surface area contributed by atoms with E-state index in [1.807, 2.05) is 59.7 Å². The van der Waals surface area contributed by atoms with Gasteiger partial charge in [-0.3, -0.25) is 38.5 Å². The van der Waals surface area contributed by atoms with Crippen molar-refractivity contribution in [3.63, 3.8) is 0 Å². The Kier molecular flexibility index (Phi) is 28.1. The summed E-state index contributed by atoms with van der Waals surface area (Å²) in [4.78, 5) is 116. The Hall–Kier alpha value is -4.90. The molecule has 3 N–H and O–H groups in total. The highest BCUT2D eigenvalue weighted by molar-refractivity contribution is 6.04. The van der Waals surface area contributed by atoms with Crippen LogP contribution in [0.15, 0.2) is 24.3 Å². The average Bonchev–Trinajstić information content (AvgIpc) is 4.06. The van der Waals surface area contributed by atoms with Gasteiger partial charge in [0.2, 0.25) is 41.4 Å². The maximum Gasteiger partial charge on any atom is 0.326 e. The molecule has 0 spiro atoms. The first-order chi connectivity index (χ1) is 37.3. The van der Waals surface area contributed by atoms with Crippen LogP contribution in [0.4, 0.5) is 0 Å². The van der Waals surface area contributed by atoms with E-state index in [1.54, 1.807) is 30.8 Å².